The van der Waals surface area contributed by atoms with Crippen molar-refractivity contribution >= 4 is 29.4 Å². The Morgan fingerprint density at radius 3 is 2.44 bits per heavy atom. The van der Waals surface area contributed by atoms with E-state index in [1.807, 2.05) is 6.92 Å². The van der Waals surface area contributed by atoms with E-state index in [1.54, 1.807) is 6.92 Å². The molecule has 138 valence electrons. The van der Waals surface area contributed by atoms with Crippen LogP contribution in [0.3, 0.4) is 0 Å². The van der Waals surface area contributed by atoms with E-state index >= 15 is 0 Å². The number of ether oxygens (including phenoxy) is 3. The van der Waals surface area contributed by atoms with Crippen LogP contribution in [0.15, 0.2) is 12.1 Å². The molecular weight excluding hydrogens is 352 g/mol. The van der Waals surface area contributed by atoms with E-state index < -0.39 is 24.4 Å². The number of hydrazine groups is 1. The van der Waals surface area contributed by atoms with Gasteiger partial charge >= 0.3 is 5.97 Å². The topological polar surface area (TPSA) is 103 Å². The Hall–Kier alpha value is -2.48. The van der Waals surface area contributed by atoms with Crippen molar-refractivity contribution in [3.05, 3.63) is 22.7 Å². The molecular formula is C16H21ClN2O6. The van der Waals surface area contributed by atoms with Crippen LogP contribution < -0.4 is 20.3 Å². The van der Waals surface area contributed by atoms with Gasteiger partial charge in [-0.05, 0) is 25.5 Å². The van der Waals surface area contributed by atoms with Crippen molar-refractivity contribution in [2.45, 2.75) is 27.2 Å². The van der Waals surface area contributed by atoms with E-state index in [1.165, 1.54) is 19.1 Å². The maximum absolute atomic E-state index is 12.1. The van der Waals surface area contributed by atoms with Gasteiger partial charge in [-0.15, -0.1) is 0 Å². The number of nitrogens with one attached hydrogen (secondary N) is 2. The largest absolute Gasteiger partial charge is 0.490 e. The van der Waals surface area contributed by atoms with Crippen LogP contribution >= 0.6 is 11.6 Å². The summed E-state index contributed by atoms with van der Waals surface area (Å²) in [5.41, 5.74) is 4.28. The predicted octanol–water partition coefficient (Wildman–Crippen LogP) is 1.85. The molecule has 0 fully saturated rings. The predicted molar refractivity (Wildman–Crippen MR) is 90.6 cm³/mol. The van der Waals surface area contributed by atoms with Crippen LogP contribution in [0.1, 0.15) is 37.6 Å². The molecule has 0 spiro atoms. The maximum atomic E-state index is 12.1. The fourth-order valence-corrected chi connectivity index (χ4v) is 1.97. The molecule has 0 bridgehead atoms. The fourth-order valence-electron chi connectivity index (χ4n) is 1.70. The van der Waals surface area contributed by atoms with E-state index in [2.05, 4.69) is 10.9 Å². The first-order valence-corrected chi connectivity index (χ1v) is 8.08. The Kier molecular flexibility index (Phi) is 8.55. The minimum atomic E-state index is -0.761. The first kappa shape index (κ1) is 20.6. The van der Waals surface area contributed by atoms with Gasteiger partial charge in [0.1, 0.15) is 0 Å². The highest BCUT2D eigenvalue weighted by atomic mass is 35.5. The van der Waals surface area contributed by atoms with Crippen LogP contribution in [0.2, 0.25) is 5.02 Å². The molecule has 0 unspecified atom stereocenters. The summed E-state index contributed by atoms with van der Waals surface area (Å²) >= 11 is 6.16. The zero-order chi connectivity index (χ0) is 18.8. The summed E-state index contributed by atoms with van der Waals surface area (Å²) in [7, 11) is 0. The van der Waals surface area contributed by atoms with Gasteiger partial charge in [0, 0.05) is 6.92 Å². The lowest BCUT2D eigenvalue weighted by Crippen LogP contribution is -2.42. The number of rotatable bonds is 8. The van der Waals surface area contributed by atoms with E-state index in [0.29, 0.717) is 24.7 Å². The Labute approximate surface area is 150 Å². The van der Waals surface area contributed by atoms with Gasteiger partial charge < -0.3 is 14.2 Å². The van der Waals surface area contributed by atoms with Gasteiger partial charge in [0.2, 0.25) is 5.91 Å². The zero-order valence-electron chi connectivity index (χ0n) is 14.3. The van der Waals surface area contributed by atoms with Crippen LogP contribution in [0, 0.1) is 0 Å². The van der Waals surface area contributed by atoms with E-state index in [9.17, 15) is 14.4 Å². The average molecular weight is 373 g/mol. The number of carbonyl (C=O) groups excluding carboxylic acids is 3. The number of halogens is 1. The minimum absolute atomic E-state index is 0.115. The van der Waals surface area contributed by atoms with Gasteiger partial charge in [-0.2, -0.15) is 0 Å². The van der Waals surface area contributed by atoms with Crippen LogP contribution in [0.4, 0.5) is 0 Å². The van der Waals surface area contributed by atoms with Crippen molar-refractivity contribution in [1.29, 1.82) is 0 Å². The van der Waals surface area contributed by atoms with Crippen molar-refractivity contribution in [2.75, 3.05) is 19.8 Å². The minimum Gasteiger partial charge on any atom is -0.490 e. The maximum Gasteiger partial charge on any atom is 0.338 e. The number of hydrogen-bond donors (Lipinski definition) is 2. The molecule has 0 atom stereocenters. The molecule has 0 aliphatic carbocycles. The Morgan fingerprint density at radius 1 is 1.12 bits per heavy atom. The van der Waals surface area contributed by atoms with Crippen molar-refractivity contribution in [3.8, 4) is 11.5 Å². The van der Waals surface area contributed by atoms with Crippen LogP contribution in [-0.4, -0.2) is 37.6 Å². The number of amides is 2. The summed E-state index contributed by atoms with van der Waals surface area (Å²) in [4.78, 5) is 34.2. The second kappa shape index (κ2) is 10.4. The van der Waals surface area contributed by atoms with Gasteiger partial charge in [-0.3, -0.25) is 20.4 Å². The highest BCUT2D eigenvalue weighted by Crippen LogP contribution is 2.37. The Bertz CT molecular complexity index is 635. The lowest BCUT2D eigenvalue weighted by atomic mass is 10.2. The molecule has 2 amide bonds. The zero-order valence-corrected chi connectivity index (χ0v) is 15.1. The summed E-state index contributed by atoms with van der Waals surface area (Å²) in [6.07, 6.45) is 0.787. The third-order valence-electron chi connectivity index (χ3n) is 2.71. The second-order valence-corrected chi connectivity index (χ2v) is 5.28. The first-order valence-electron chi connectivity index (χ1n) is 7.70. The molecule has 0 saturated carbocycles. The molecule has 25 heavy (non-hydrogen) atoms. The number of hydrogen-bond acceptors (Lipinski definition) is 6. The Balaban J connectivity index is 2.81. The van der Waals surface area contributed by atoms with Crippen molar-refractivity contribution in [1.82, 2.24) is 10.9 Å². The third kappa shape index (κ3) is 6.88. The highest BCUT2D eigenvalue weighted by molar-refractivity contribution is 6.32. The van der Waals surface area contributed by atoms with Crippen LogP contribution in [0.5, 0.6) is 11.5 Å². The number of carbonyl (C=O) groups is 3. The lowest BCUT2D eigenvalue weighted by Gasteiger charge is -2.14. The molecule has 0 radical (unpaired) electrons. The smallest absolute Gasteiger partial charge is 0.338 e. The summed E-state index contributed by atoms with van der Waals surface area (Å²) in [5, 5.41) is 0.203. The molecule has 0 heterocycles. The molecule has 9 heteroatoms. The Morgan fingerprint density at radius 2 is 1.84 bits per heavy atom. The average Bonchev–Trinajstić information content (AvgIpc) is 2.57. The summed E-state index contributed by atoms with van der Waals surface area (Å²) < 4.78 is 15.9. The summed E-state index contributed by atoms with van der Waals surface area (Å²) in [5.74, 6) is -1.22. The molecule has 0 aliphatic rings. The van der Waals surface area contributed by atoms with Crippen molar-refractivity contribution in [2.24, 2.45) is 0 Å². The number of benzene rings is 1. The summed E-state index contributed by atoms with van der Waals surface area (Å²) in [6.45, 7) is 5.21. The van der Waals surface area contributed by atoms with Gasteiger partial charge in [0.15, 0.2) is 18.1 Å². The summed E-state index contributed by atoms with van der Waals surface area (Å²) in [6, 6.07) is 2.82. The fraction of sp³-hybridized carbons (Fsp3) is 0.438. The molecule has 1 rings (SSSR count). The molecule has 8 nitrogen and oxygen atoms in total. The molecule has 1 aromatic rings. The van der Waals surface area contributed by atoms with Crippen molar-refractivity contribution in [3.63, 3.8) is 0 Å². The van der Waals surface area contributed by atoms with Gasteiger partial charge in [0.05, 0.1) is 23.8 Å². The normalized spacial score (nSPS) is 9.92. The standard InChI is InChI=1S/C16H21ClN2O6/c1-4-6-24-15-12(17)7-11(8-13(15)23-5-2)16(22)25-9-14(21)19-18-10(3)20/h7-8H,4-6,9H2,1-3H3,(H,18,20)(H,19,21). The van der Waals surface area contributed by atoms with E-state index in [-0.39, 0.29) is 10.6 Å². The van der Waals surface area contributed by atoms with Gasteiger partial charge in [0.25, 0.3) is 5.91 Å². The molecule has 1 aromatic carbocycles. The second-order valence-electron chi connectivity index (χ2n) is 4.87. The lowest BCUT2D eigenvalue weighted by molar-refractivity contribution is -0.129. The van der Waals surface area contributed by atoms with Crippen LogP contribution in [-0.2, 0) is 14.3 Å². The quantitative estimate of drug-likeness (QED) is 0.533. The molecule has 0 aliphatic heterocycles. The highest BCUT2D eigenvalue weighted by Gasteiger charge is 2.18. The van der Waals surface area contributed by atoms with Gasteiger partial charge in [-0.25, -0.2) is 4.79 Å². The first-order chi connectivity index (χ1) is 11.9. The molecule has 0 aromatic heterocycles. The molecule has 2 N–H and O–H groups in total. The number of esters is 1. The molecule has 0 saturated heterocycles. The van der Waals surface area contributed by atoms with Gasteiger partial charge in [-0.1, -0.05) is 18.5 Å². The van der Waals surface area contributed by atoms with Crippen LogP contribution in [0.25, 0.3) is 0 Å². The van der Waals surface area contributed by atoms with E-state index in [4.69, 9.17) is 25.8 Å². The SMILES string of the molecule is CCCOc1c(Cl)cc(C(=O)OCC(=O)NNC(C)=O)cc1OCC. The monoisotopic (exact) mass is 372 g/mol. The third-order valence-corrected chi connectivity index (χ3v) is 2.99. The van der Waals surface area contributed by atoms with Crippen molar-refractivity contribution < 1.29 is 28.6 Å². The van der Waals surface area contributed by atoms with E-state index in [0.717, 1.165) is 6.42 Å².